The minimum Gasteiger partial charge on any atom is -0.494 e. The van der Waals surface area contributed by atoms with Crippen LogP contribution in [0.25, 0.3) is 21.2 Å². The molecule has 0 fully saturated rings. The maximum absolute atomic E-state index is 12.9. The van der Waals surface area contributed by atoms with Crippen molar-refractivity contribution >= 4 is 33.0 Å². The van der Waals surface area contributed by atoms with Gasteiger partial charge in [0.2, 0.25) is 0 Å². The first-order valence-electron chi connectivity index (χ1n) is 9.26. The van der Waals surface area contributed by atoms with E-state index in [9.17, 15) is 4.79 Å². The molecule has 1 amide bonds. The summed E-state index contributed by atoms with van der Waals surface area (Å²) in [5.41, 5.74) is 4.81. The lowest BCUT2D eigenvalue weighted by Crippen LogP contribution is -2.12. The second-order valence-electron chi connectivity index (χ2n) is 6.63. The van der Waals surface area contributed by atoms with Gasteiger partial charge in [0.1, 0.15) is 5.75 Å². The van der Waals surface area contributed by atoms with Crippen molar-refractivity contribution in [1.82, 2.24) is 0 Å². The molecule has 28 heavy (non-hydrogen) atoms. The Morgan fingerprint density at radius 2 is 1.75 bits per heavy atom. The highest BCUT2D eigenvalue weighted by Gasteiger charge is 2.13. The van der Waals surface area contributed by atoms with Crippen LogP contribution in [0.2, 0.25) is 0 Å². The highest BCUT2D eigenvalue weighted by molar-refractivity contribution is 7.17. The first kappa shape index (κ1) is 18.3. The van der Waals surface area contributed by atoms with Crippen LogP contribution < -0.4 is 10.1 Å². The number of carbonyl (C=O) groups excluding carboxylic acids is 1. The Bertz CT molecular complexity index is 1110. The fourth-order valence-electron chi connectivity index (χ4n) is 3.18. The van der Waals surface area contributed by atoms with E-state index in [1.807, 2.05) is 43.3 Å². The average Bonchev–Trinajstić information content (AvgIpc) is 3.18. The number of amides is 1. The number of ether oxygens (including phenoxy) is 1. The number of rotatable bonds is 5. The summed E-state index contributed by atoms with van der Waals surface area (Å²) in [5, 5.41) is 6.22. The van der Waals surface area contributed by atoms with E-state index in [0.29, 0.717) is 12.2 Å². The van der Waals surface area contributed by atoms with E-state index in [1.165, 1.54) is 10.9 Å². The molecule has 3 nitrogen and oxygen atoms in total. The summed E-state index contributed by atoms with van der Waals surface area (Å²) in [5.74, 6) is 0.676. The van der Waals surface area contributed by atoms with Crippen molar-refractivity contribution in [2.24, 2.45) is 0 Å². The molecule has 0 saturated heterocycles. The quantitative estimate of drug-likeness (QED) is 0.423. The molecule has 1 heterocycles. The lowest BCUT2D eigenvalue weighted by atomic mass is 9.98. The summed E-state index contributed by atoms with van der Waals surface area (Å²) in [6.07, 6.45) is 0. The third kappa shape index (κ3) is 3.78. The number of hydrogen-bond acceptors (Lipinski definition) is 3. The van der Waals surface area contributed by atoms with Crippen LogP contribution in [0.1, 0.15) is 22.8 Å². The standard InChI is InChI=1S/C24H21NO2S/c1-3-27-20-10-8-19(9-11-20)25-24(26)18-14-22(17-6-4-16(2)5-7-17)21-12-13-28-23(21)15-18/h4-15H,3H2,1-2H3,(H,25,26). The van der Waals surface area contributed by atoms with Gasteiger partial charge in [0.05, 0.1) is 6.61 Å². The van der Waals surface area contributed by atoms with Crippen LogP contribution in [-0.4, -0.2) is 12.5 Å². The second kappa shape index (κ2) is 7.87. The van der Waals surface area contributed by atoms with Gasteiger partial charge in [-0.2, -0.15) is 0 Å². The molecule has 4 heteroatoms. The number of anilines is 1. The largest absolute Gasteiger partial charge is 0.494 e. The maximum atomic E-state index is 12.9. The maximum Gasteiger partial charge on any atom is 0.255 e. The molecule has 0 saturated carbocycles. The van der Waals surface area contributed by atoms with E-state index in [4.69, 9.17) is 4.74 Å². The smallest absolute Gasteiger partial charge is 0.255 e. The molecule has 0 atom stereocenters. The van der Waals surface area contributed by atoms with Gasteiger partial charge >= 0.3 is 0 Å². The minimum atomic E-state index is -0.118. The van der Waals surface area contributed by atoms with Crippen molar-refractivity contribution in [1.29, 1.82) is 0 Å². The van der Waals surface area contributed by atoms with Crippen molar-refractivity contribution in [3.05, 3.63) is 83.2 Å². The van der Waals surface area contributed by atoms with E-state index in [2.05, 4.69) is 48.0 Å². The summed E-state index contributed by atoms with van der Waals surface area (Å²) in [6.45, 7) is 4.64. The predicted octanol–water partition coefficient (Wildman–Crippen LogP) is 6.53. The van der Waals surface area contributed by atoms with Crippen molar-refractivity contribution in [2.45, 2.75) is 13.8 Å². The van der Waals surface area contributed by atoms with Gasteiger partial charge in [-0.25, -0.2) is 0 Å². The number of thiophene rings is 1. The van der Waals surface area contributed by atoms with Gasteiger partial charge in [-0.3, -0.25) is 4.79 Å². The third-order valence-electron chi connectivity index (χ3n) is 4.62. The Morgan fingerprint density at radius 1 is 1.00 bits per heavy atom. The third-order valence-corrected chi connectivity index (χ3v) is 5.48. The second-order valence-corrected chi connectivity index (χ2v) is 7.58. The Labute approximate surface area is 168 Å². The van der Waals surface area contributed by atoms with E-state index < -0.39 is 0 Å². The molecule has 0 aliphatic carbocycles. The van der Waals surface area contributed by atoms with Crippen molar-refractivity contribution in [3.63, 3.8) is 0 Å². The molecule has 1 aromatic heterocycles. The molecule has 3 aromatic carbocycles. The van der Waals surface area contributed by atoms with Crippen LogP contribution >= 0.6 is 11.3 Å². The molecule has 0 aliphatic heterocycles. The van der Waals surface area contributed by atoms with E-state index in [1.54, 1.807) is 11.3 Å². The first-order chi connectivity index (χ1) is 13.6. The Morgan fingerprint density at radius 3 is 2.46 bits per heavy atom. The minimum absolute atomic E-state index is 0.118. The number of hydrogen-bond donors (Lipinski definition) is 1. The zero-order valence-corrected chi connectivity index (χ0v) is 16.7. The van der Waals surface area contributed by atoms with Gasteiger partial charge in [0.25, 0.3) is 5.91 Å². The molecule has 0 aliphatic rings. The highest BCUT2D eigenvalue weighted by Crippen LogP contribution is 2.33. The summed E-state index contributed by atoms with van der Waals surface area (Å²) < 4.78 is 6.56. The molecule has 0 radical (unpaired) electrons. The van der Waals surface area contributed by atoms with Crippen LogP contribution in [0, 0.1) is 6.92 Å². The molecular formula is C24H21NO2S. The van der Waals surface area contributed by atoms with Crippen molar-refractivity contribution < 1.29 is 9.53 Å². The van der Waals surface area contributed by atoms with Gasteiger partial charge in [-0.05, 0) is 72.8 Å². The molecule has 0 bridgehead atoms. The van der Waals surface area contributed by atoms with E-state index in [0.717, 1.165) is 27.3 Å². The highest BCUT2D eigenvalue weighted by atomic mass is 32.1. The van der Waals surface area contributed by atoms with Gasteiger partial charge in [-0.15, -0.1) is 11.3 Å². The fourth-order valence-corrected chi connectivity index (χ4v) is 4.03. The number of carbonyl (C=O) groups is 1. The zero-order chi connectivity index (χ0) is 19.5. The normalized spacial score (nSPS) is 10.8. The monoisotopic (exact) mass is 387 g/mol. The van der Waals surface area contributed by atoms with Crippen LogP contribution in [-0.2, 0) is 0 Å². The van der Waals surface area contributed by atoms with Gasteiger partial charge in [0, 0.05) is 21.3 Å². The van der Waals surface area contributed by atoms with Crippen LogP contribution in [0.5, 0.6) is 5.75 Å². The van der Waals surface area contributed by atoms with Gasteiger partial charge in [0.15, 0.2) is 0 Å². The molecular weight excluding hydrogens is 366 g/mol. The molecule has 0 spiro atoms. The number of fused-ring (bicyclic) bond motifs is 1. The summed E-state index contributed by atoms with van der Waals surface area (Å²) in [6, 6.07) is 21.9. The Balaban J connectivity index is 1.66. The predicted molar refractivity (Wildman–Crippen MR) is 118 cm³/mol. The van der Waals surface area contributed by atoms with Crippen molar-refractivity contribution in [2.75, 3.05) is 11.9 Å². The number of aryl methyl sites for hydroxylation is 1. The van der Waals surface area contributed by atoms with Gasteiger partial charge < -0.3 is 10.1 Å². The fraction of sp³-hybridized carbons (Fsp3) is 0.125. The molecule has 1 N–H and O–H groups in total. The van der Waals surface area contributed by atoms with Crippen LogP contribution in [0.15, 0.2) is 72.1 Å². The number of benzene rings is 3. The Hall–Kier alpha value is -3.11. The number of nitrogens with one attached hydrogen (secondary N) is 1. The molecule has 0 unspecified atom stereocenters. The van der Waals surface area contributed by atoms with E-state index >= 15 is 0 Å². The first-order valence-corrected chi connectivity index (χ1v) is 10.1. The van der Waals surface area contributed by atoms with Crippen LogP contribution in [0.4, 0.5) is 5.69 Å². The molecule has 140 valence electrons. The molecule has 4 aromatic rings. The summed E-state index contributed by atoms with van der Waals surface area (Å²) in [4.78, 5) is 12.9. The van der Waals surface area contributed by atoms with Gasteiger partial charge in [-0.1, -0.05) is 29.8 Å². The SMILES string of the molecule is CCOc1ccc(NC(=O)c2cc(-c3ccc(C)cc3)c3ccsc3c2)cc1. The lowest BCUT2D eigenvalue weighted by molar-refractivity contribution is 0.102. The van der Waals surface area contributed by atoms with Crippen LogP contribution in [0.3, 0.4) is 0 Å². The zero-order valence-electron chi connectivity index (χ0n) is 15.9. The lowest BCUT2D eigenvalue weighted by Gasteiger charge is -2.10. The summed E-state index contributed by atoms with van der Waals surface area (Å²) >= 11 is 1.65. The van der Waals surface area contributed by atoms with Crippen molar-refractivity contribution in [3.8, 4) is 16.9 Å². The summed E-state index contributed by atoms with van der Waals surface area (Å²) in [7, 11) is 0. The Kier molecular flexibility index (Phi) is 5.13. The average molecular weight is 388 g/mol. The molecule has 4 rings (SSSR count). The topological polar surface area (TPSA) is 38.3 Å². The van der Waals surface area contributed by atoms with E-state index in [-0.39, 0.29) is 5.91 Å².